The molecule has 5 heteroatoms. The molecule has 0 amide bonds. The molecular weight excluding hydrogens is 229 g/mol. The minimum absolute atomic E-state index is 0.388. The first-order valence-corrected chi connectivity index (χ1v) is 6.04. The molecule has 0 atom stereocenters. The summed E-state index contributed by atoms with van der Waals surface area (Å²) in [6.45, 7) is 9.88. The van der Waals surface area contributed by atoms with E-state index >= 15 is 0 Å². The van der Waals surface area contributed by atoms with Crippen LogP contribution in [0.4, 0.5) is 0 Å². The highest BCUT2D eigenvalue weighted by Crippen LogP contribution is 2.36. The second-order valence-corrected chi connectivity index (χ2v) is 5.65. The highest BCUT2D eigenvalue weighted by atomic mass is 16.7. The van der Waals surface area contributed by atoms with E-state index < -0.39 is 7.12 Å². The fourth-order valence-corrected chi connectivity index (χ4v) is 1.84. The van der Waals surface area contributed by atoms with E-state index in [2.05, 4.69) is 4.98 Å². The highest BCUT2D eigenvalue weighted by molar-refractivity contribution is 6.62. The summed E-state index contributed by atoms with van der Waals surface area (Å²) >= 11 is 0. The van der Waals surface area contributed by atoms with Crippen LogP contribution in [-0.2, 0) is 9.31 Å². The van der Waals surface area contributed by atoms with Crippen LogP contribution in [0.15, 0.2) is 12.3 Å². The Hall–Kier alpha value is -1.20. The van der Waals surface area contributed by atoms with Gasteiger partial charge in [0.15, 0.2) is 6.29 Å². The predicted molar refractivity (Wildman–Crippen MR) is 70.1 cm³/mol. The molecule has 0 spiro atoms. The van der Waals surface area contributed by atoms with E-state index in [-0.39, 0.29) is 11.2 Å². The Kier molecular flexibility index (Phi) is 3.07. The number of aldehydes is 1. The lowest BCUT2D eigenvalue weighted by molar-refractivity contribution is 0.00578. The van der Waals surface area contributed by atoms with Gasteiger partial charge < -0.3 is 9.31 Å². The first-order valence-electron chi connectivity index (χ1n) is 6.04. The summed E-state index contributed by atoms with van der Waals surface area (Å²) < 4.78 is 11.9. The van der Waals surface area contributed by atoms with Gasteiger partial charge in [-0.1, -0.05) is 0 Å². The lowest BCUT2D eigenvalue weighted by Gasteiger charge is -2.32. The maximum absolute atomic E-state index is 10.8. The summed E-state index contributed by atoms with van der Waals surface area (Å²) in [5.74, 6) is 0. The quantitative estimate of drug-likeness (QED) is 0.587. The largest absolute Gasteiger partial charge is 0.496 e. The molecule has 1 aromatic heterocycles. The highest BCUT2D eigenvalue weighted by Gasteiger charge is 2.52. The average Bonchev–Trinajstić information content (AvgIpc) is 2.48. The zero-order valence-corrected chi connectivity index (χ0v) is 11.5. The molecule has 0 N–H and O–H groups in total. The minimum atomic E-state index is -0.470. The minimum Gasteiger partial charge on any atom is -0.399 e. The van der Waals surface area contributed by atoms with Crippen molar-refractivity contribution in [3.05, 3.63) is 23.5 Å². The number of hydrogen-bond donors (Lipinski definition) is 0. The van der Waals surface area contributed by atoms with Crippen LogP contribution in [0.5, 0.6) is 0 Å². The van der Waals surface area contributed by atoms with E-state index in [4.69, 9.17) is 9.31 Å². The molecule has 0 aromatic carbocycles. The van der Waals surface area contributed by atoms with Gasteiger partial charge in [0.25, 0.3) is 0 Å². The molecule has 4 nitrogen and oxygen atoms in total. The van der Waals surface area contributed by atoms with E-state index in [1.54, 1.807) is 12.3 Å². The van der Waals surface area contributed by atoms with Gasteiger partial charge in [0.2, 0.25) is 0 Å². The number of aromatic nitrogens is 1. The normalized spacial score (nSPS) is 21.1. The van der Waals surface area contributed by atoms with Gasteiger partial charge in [-0.25, -0.2) is 0 Å². The molecule has 96 valence electrons. The van der Waals surface area contributed by atoms with Gasteiger partial charge in [0.05, 0.1) is 11.2 Å². The summed E-state index contributed by atoms with van der Waals surface area (Å²) in [4.78, 5) is 15.0. The van der Waals surface area contributed by atoms with Crippen molar-refractivity contribution >= 4 is 18.9 Å². The molecule has 1 aromatic rings. The van der Waals surface area contributed by atoms with Gasteiger partial charge in [-0.2, -0.15) is 0 Å². The molecular formula is C13H18BNO3. The van der Waals surface area contributed by atoms with Crippen LogP contribution in [0.3, 0.4) is 0 Å². The second-order valence-electron chi connectivity index (χ2n) is 5.65. The SMILES string of the molecule is Cc1ncc(C=O)cc1B1OC(C)(C)C(C)(C)O1. The number of aryl methyl sites for hydroxylation is 1. The van der Waals surface area contributed by atoms with Gasteiger partial charge in [-0.05, 0) is 40.7 Å². The molecule has 2 heterocycles. The smallest absolute Gasteiger partial charge is 0.399 e. The number of rotatable bonds is 2. The molecule has 0 unspecified atom stereocenters. The molecule has 1 saturated heterocycles. The van der Waals surface area contributed by atoms with Gasteiger partial charge >= 0.3 is 7.12 Å². The maximum Gasteiger partial charge on any atom is 0.496 e. The molecule has 0 aliphatic carbocycles. The third-order valence-electron chi connectivity index (χ3n) is 3.79. The van der Waals surface area contributed by atoms with E-state index in [1.165, 1.54) is 0 Å². The maximum atomic E-state index is 10.8. The molecule has 0 saturated carbocycles. The van der Waals surface area contributed by atoms with Crippen LogP contribution in [0.25, 0.3) is 0 Å². The van der Waals surface area contributed by atoms with Crippen LogP contribution >= 0.6 is 0 Å². The Bertz CT molecular complexity index is 469. The summed E-state index contributed by atoms with van der Waals surface area (Å²) in [7, 11) is -0.470. The third kappa shape index (κ3) is 2.08. The second kappa shape index (κ2) is 4.18. The average molecular weight is 247 g/mol. The molecule has 1 fully saturated rings. The van der Waals surface area contributed by atoms with E-state index in [0.717, 1.165) is 17.4 Å². The Labute approximate surface area is 108 Å². The van der Waals surface area contributed by atoms with Crippen LogP contribution < -0.4 is 5.46 Å². The van der Waals surface area contributed by atoms with Gasteiger partial charge in [-0.3, -0.25) is 9.78 Å². The zero-order valence-electron chi connectivity index (χ0n) is 11.5. The fourth-order valence-electron chi connectivity index (χ4n) is 1.84. The van der Waals surface area contributed by atoms with Crippen molar-refractivity contribution in [1.29, 1.82) is 0 Å². The van der Waals surface area contributed by atoms with Gasteiger partial charge in [0, 0.05) is 22.9 Å². The van der Waals surface area contributed by atoms with Crippen molar-refractivity contribution in [2.24, 2.45) is 0 Å². The summed E-state index contributed by atoms with van der Waals surface area (Å²) in [6, 6.07) is 1.78. The Balaban J connectivity index is 2.37. The first kappa shape index (κ1) is 13.2. The van der Waals surface area contributed by atoms with E-state index in [9.17, 15) is 4.79 Å². The topological polar surface area (TPSA) is 48.4 Å². The Morgan fingerprint density at radius 1 is 1.22 bits per heavy atom. The molecule has 18 heavy (non-hydrogen) atoms. The summed E-state index contributed by atoms with van der Waals surface area (Å²) in [5.41, 5.74) is 1.39. The molecule has 0 bridgehead atoms. The van der Waals surface area contributed by atoms with Crippen LogP contribution in [0, 0.1) is 6.92 Å². The number of carbonyl (C=O) groups is 1. The van der Waals surface area contributed by atoms with E-state index in [0.29, 0.717) is 5.56 Å². The van der Waals surface area contributed by atoms with Crippen molar-refractivity contribution < 1.29 is 14.1 Å². The third-order valence-corrected chi connectivity index (χ3v) is 3.79. The fraction of sp³-hybridized carbons (Fsp3) is 0.538. The summed E-state index contributed by atoms with van der Waals surface area (Å²) in [6.07, 6.45) is 2.33. The van der Waals surface area contributed by atoms with Crippen LogP contribution in [0.1, 0.15) is 43.7 Å². The van der Waals surface area contributed by atoms with Crippen molar-refractivity contribution in [2.45, 2.75) is 45.8 Å². The van der Waals surface area contributed by atoms with Crippen molar-refractivity contribution in [2.75, 3.05) is 0 Å². The Morgan fingerprint density at radius 2 is 1.78 bits per heavy atom. The molecule has 0 radical (unpaired) electrons. The molecule has 1 aliphatic heterocycles. The summed E-state index contributed by atoms with van der Waals surface area (Å²) in [5, 5.41) is 0. The van der Waals surface area contributed by atoms with Crippen LogP contribution in [-0.4, -0.2) is 29.6 Å². The first-order chi connectivity index (χ1) is 8.27. The number of carbonyl (C=O) groups excluding carboxylic acids is 1. The number of pyridine rings is 1. The standard InChI is InChI=1S/C13H18BNO3/c1-9-11(6-10(8-16)7-15-9)14-17-12(2,3)13(4,5)18-14/h6-8H,1-5H3. The monoisotopic (exact) mass is 247 g/mol. The zero-order chi connectivity index (χ0) is 13.6. The lowest BCUT2D eigenvalue weighted by atomic mass is 9.77. The van der Waals surface area contributed by atoms with Crippen molar-refractivity contribution in [3.8, 4) is 0 Å². The van der Waals surface area contributed by atoms with Crippen molar-refractivity contribution in [3.63, 3.8) is 0 Å². The molecule has 2 rings (SSSR count). The van der Waals surface area contributed by atoms with Crippen LogP contribution in [0.2, 0.25) is 0 Å². The van der Waals surface area contributed by atoms with E-state index in [1.807, 2.05) is 34.6 Å². The van der Waals surface area contributed by atoms with Gasteiger partial charge in [0.1, 0.15) is 0 Å². The van der Waals surface area contributed by atoms with Gasteiger partial charge in [-0.15, -0.1) is 0 Å². The number of nitrogens with zero attached hydrogens (tertiary/aromatic N) is 1. The Morgan fingerprint density at radius 3 is 2.28 bits per heavy atom. The lowest BCUT2D eigenvalue weighted by Crippen LogP contribution is -2.41. The number of hydrogen-bond acceptors (Lipinski definition) is 4. The molecule has 1 aliphatic rings. The van der Waals surface area contributed by atoms with Crippen molar-refractivity contribution in [1.82, 2.24) is 4.98 Å². The predicted octanol–water partition coefficient (Wildman–Crippen LogP) is 1.50.